The molecule has 1 heterocycles. The van der Waals surface area contributed by atoms with E-state index in [1.54, 1.807) is 41.8 Å². The fraction of sp³-hybridized carbons (Fsp3) is 0.154. The standard InChI is InChI=1S/C13H11N3OS/c1-9-15-7-12(18-9)8-16-13(17)11-4-2-10(6-14)3-5-11/h2-5,7H,8H2,1H3,(H,16,17). The van der Waals surface area contributed by atoms with Crippen molar-refractivity contribution in [3.05, 3.63) is 51.5 Å². The molecule has 0 bridgehead atoms. The predicted molar refractivity (Wildman–Crippen MR) is 69.2 cm³/mol. The van der Waals surface area contributed by atoms with Crippen molar-refractivity contribution < 1.29 is 4.79 Å². The Kier molecular flexibility index (Phi) is 3.70. The minimum Gasteiger partial charge on any atom is -0.347 e. The molecule has 18 heavy (non-hydrogen) atoms. The molecule has 90 valence electrons. The van der Waals surface area contributed by atoms with Gasteiger partial charge in [0.25, 0.3) is 5.91 Å². The fourth-order valence-electron chi connectivity index (χ4n) is 1.45. The van der Waals surface area contributed by atoms with Crippen molar-refractivity contribution in [3.8, 4) is 6.07 Å². The van der Waals surface area contributed by atoms with Gasteiger partial charge in [0, 0.05) is 16.6 Å². The minimum atomic E-state index is -0.148. The molecule has 4 nitrogen and oxygen atoms in total. The molecule has 2 rings (SSSR count). The summed E-state index contributed by atoms with van der Waals surface area (Å²) in [6, 6.07) is 8.57. The van der Waals surface area contributed by atoms with Crippen LogP contribution >= 0.6 is 11.3 Å². The van der Waals surface area contributed by atoms with Crippen molar-refractivity contribution >= 4 is 17.2 Å². The molecule has 0 saturated carbocycles. The summed E-state index contributed by atoms with van der Waals surface area (Å²) in [5, 5.41) is 12.5. The van der Waals surface area contributed by atoms with Crippen LogP contribution in [0.2, 0.25) is 0 Å². The van der Waals surface area contributed by atoms with Gasteiger partial charge in [0.15, 0.2) is 0 Å². The van der Waals surface area contributed by atoms with E-state index in [0.717, 1.165) is 9.88 Å². The maximum atomic E-state index is 11.8. The van der Waals surface area contributed by atoms with E-state index >= 15 is 0 Å². The lowest BCUT2D eigenvalue weighted by molar-refractivity contribution is 0.0951. The van der Waals surface area contributed by atoms with E-state index in [1.165, 1.54) is 0 Å². The Morgan fingerprint density at radius 2 is 2.17 bits per heavy atom. The number of rotatable bonds is 3. The van der Waals surface area contributed by atoms with Crippen molar-refractivity contribution in [2.45, 2.75) is 13.5 Å². The molecule has 0 radical (unpaired) electrons. The predicted octanol–water partition coefficient (Wildman–Crippen LogP) is 2.25. The van der Waals surface area contributed by atoms with E-state index in [9.17, 15) is 4.79 Å². The summed E-state index contributed by atoms with van der Waals surface area (Å²) in [5.74, 6) is -0.148. The zero-order valence-electron chi connectivity index (χ0n) is 9.80. The highest BCUT2D eigenvalue weighted by Crippen LogP contribution is 2.11. The lowest BCUT2D eigenvalue weighted by Gasteiger charge is -2.03. The minimum absolute atomic E-state index is 0.148. The SMILES string of the molecule is Cc1ncc(CNC(=O)c2ccc(C#N)cc2)s1. The Morgan fingerprint density at radius 3 is 2.72 bits per heavy atom. The third-order valence-corrected chi connectivity index (χ3v) is 3.28. The van der Waals surface area contributed by atoms with Crippen LogP contribution in [0.5, 0.6) is 0 Å². The van der Waals surface area contributed by atoms with E-state index in [2.05, 4.69) is 10.3 Å². The molecule has 0 aliphatic carbocycles. The largest absolute Gasteiger partial charge is 0.347 e. The van der Waals surface area contributed by atoms with E-state index < -0.39 is 0 Å². The van der Waals surface area contributed by atoms with Gasteiger partial charge in [0.2, 0.25) is 0 Å². The van der Waals surface area contributed by atoms with Crippen LogP contribution in [0.1, 0.15) is 25.8 Å². The molecule has 1 amide bonds. The second-order valence-corrected chi connectivity index (χ2v) is 5.04. The van der Waals surface area contributed by atoms with Crippen LogP contribution < -0.4 is 5.32 Å². The maximum Gasteiger partial charge on any atom is 0.251 e. The topological polar surface area (TPSA) is 65.8 Å². The van der Waals surface area contributed by atoms with E-state index in [0.29, 0.717) is 17.7 Å². The second-order valence-electron chi connectivity index (χ2n) is 3.72. The van der Waals surface area contributed by atoms with Gasteiger partial charge in [-0.1, -0.05) is 0 Å². The van der Waals surface area contributed by atoms with Crippen LogP contribution in [0.15, 0.2) is 30.5 Å². The smallest absolute Gasteiger partial charge is 0.251 e. The van der Waals surface area contributed by atoms with Crippen LogP contribution in [0.4, 0.5) is 0 Å². The molecule has 0 spiro atoms. The van der Waals surface area contributed by atoms with Crippen molar-refractivity contribution in [3.63, 3.8) is 0 Å². The van der Waals surface area contributed by atoms with Crippen LogP contribution in [0.25, 0.3) is 0 Å². The van der Waals surface area contributed by atoms with Crippen LogP contribution in [0.3, 0.4) is 0 Å². The Balaban J connectivity index is 1.97. The van der Waals surface area contributed by atoms with Gasteiger partial charge in [0.05, 0.1) is 23.2 Å². The molecular formula is C13H11N3OS. The highest BCUT2D eigenvalue weighted by Gasteiger charge is 2.06. The van der Waals surface area contributed by atoms with Gasteiger partial charge < -0.3 is 5.32 Å². The molecule has 0 unspecified atom stereocenters. The van der Waals surface area contributed by atoms with Gasteiger partial charge in [-0.05, 0) is 31.2 Å². The van der Waals surface area contributed by atoms with Crippen LogP contribution in [-0.4, -0.2) is 10.9 Å². The van der Waals surface area contributed by atoms with Crippen molar-refractivity contribution in [2.75, 3.05) is 0 Å². The number of hydrogen-bond acceptors (Lipinski definition) is 4. The van der Waals surface area contributed by atoms with Gasteiger partial charge >= 0.3 is 0 Å². The average molecular weight is 257 g/mol. The summed E-state index contributed by atoms with van der Waals surface area (Å²) in [4.78, 5) is 17.0. The van der Waals surface area contributed by atoms with Gasteiger partial charge in [-0.3, -0.25) is 4.79 Å². The van der Waals surface area contributed by atoms with Gasteiger partial charge in [-0.25, -0.2) is 4.98 Å². The summed E-state index contributed by atoms with van der Waals surface area (Å²) in [6.07, 6.45) is 1.76. The molecule has 0 aliphatic heterocycles. The normalized spacial score (nSPS) is 9.78. The Bertz CT molecular complexity index is 595. The van der Waals surface area contributed by atoms with Gasteiger partial charge in [-0.15, -0.1) is 11.3 Å². The fourth-order valence-corrected chi connectivity index (χ4v) is 2.19. The zero-order valence-corrected chi connectivity index (χ0v) is 10.6. The zero-order chi connectivity index (χ0) is 13.0. The third-order valence-electron chi connectivity index (χ3n) is 2.37. The van der Waals surface area contributed by atoms with Gasteiger partial charge in [-0.2, -0.15) is 5.26 Å². The second kappa shape index (κ2) is 5.43. The van der Waals surface area contributed by atoms with Crippen molar-refractivity contribution in [2.24, 2.45) is 0 Å². The number of carbonyl (C=O) groups is 1. The lowest BCUT2D eigenvalue weighted by Crippen LogP contribution is -2.22. The number of benzene rings is 1. The third kappa shape index (κ3) is 2.93. The first-order chi connectivity index (χ1) is 8.69. The van der Waals surface area contributed by atoms with E-state index in [4.69, 9.17) is 5.26 Å². The molecule has 5 heteroatoms. The first-order valence-corrected chi connectivity index (χ1v) is 6.20. The first kappa shape index (κ1) is 12.3. The molecular weight excluding hydrogens is 246 g/mol. The van der Waals surface area contributed by atoms with E-state index in [-0.39, 0.29) is 5.91 Å². The summed E-state index contributed by atoms with van der Waals surface area (Å²) >= 11 is 1.56. The highest BCUT2D eigenvalue weighted by molar-refractivity contribution is 7.11. The molecule has 0 aliphatic rings. The number of nitrogens with zero attached hydrogens (tertiary/aromatic N) is 2. The summed E-state index contributed by atoms with van der Waals surface area (Å²) in [5.41, 5.74) is 1.10. The molecule has 0 atom stereocenters. The Hall–Kier alpha value is -2.19. The number of nitriles is 1. The molecule has 2 aromatic rings. The molecule has 1 N–H and O–H groups in total. The summed E-state index contributed by atoms with van der Waals surface area (Å²) in [7, 11) is 0. The summed E-state index contributed by atoms with van der Waals surface area (Å²) in [6.45, 7) is 2.40. The molecule has 0 saturated heterocycles. The van der Waals surface area contributed by atoms with Crippen LogP contribution in [-0.2, 0) is 6.54 Å². The first-order valence-electron chi connectivity index (χ1n) is 5.38. The quantitative estimate of drug-likeness (QED) is 0.917. The number of carbonyl (C=O) groups excluding carboxylic acids is 1. The molecule has 1 aromatic heterocycles. The summed E-state index contributed by atoms with van der Waals surface area (Å²) < 4.78 is 0. The van der Waals surface area contributed by atoms with E-state index in [1.807, 2.05) is 13.0 Å². The number of hydrogen-bond donors (Lipinski definition) is 1. The Morgan fingerprint density at radius 1 is 1.44 bits per heavy atom. The van der Waals surface area contributed by atoms with Crippen molar-refractivity contribution in [1.29, 1.82) is 5.26 Å². The van der Waals surface area contributed by atoms with Crippen LogP contribution in [0, 0.1) is 18.3 Å². The lowest BCUT2D eigenvalue weighted by atomic mass is 10.1. The number of thiazole rings is 1. The number of aryl methyl sites for hydroxylation is 1. The number of amides is 1. The monoisotopic (exact) mass is 257 g/mol. The average Bonchev–Trinajstić information content (AvgIpc) is 2.82. The Labute approximate surface area is 109 Å². The molecule has 0 fully saturated rings. The highest BCUT2D eigenvalue weighted by atomic mass is 32.1. The number of aromatic nitrogens is 1. The maximum absolute atomic E-state index is 11.8. The molecule has 1 aromatic carbocycles. The number of nitrogens with one attached hydrogen (secondary N) is 1. The van der Waals surface area contributed by atoms with Crippen molar-refractivity contribution in [1.82, 2.24) is 10.3 Å². The van der Waals surface area contributed by atoms with Gasteiger partial charge in [0.1, 0.15) is 0 Å².